The van der Waals surface area contributed by atoms with Crippen LogP contribution in [0, 0.1) is 35.0 Å². The lowest BCUT2D eigenvalue weighted by molar-refractivity contribution is -0.411. The van der Waals surface area contributed by atoms with Gasteiger partial charge in [-0.3, -0.25) is 4.99 Å². The van der Waals surface area contributed by atoms with Crippen LogP contribution in [0.3, 0.4) is 0 Å². The lowest BCUT2D eigenvalue weighted by Gasteiger charge is -2.51. The molecule has 7 bridgehead atoms. The summed E-state index contributed by atoms with van der Waals surface area (Å²) in [5.74, 6) is -1.50. The van der Waals surface area contributed by atoms with Gasteiger partial charge in [0, 0.05) is 55.7 Å². The maximum atomic E-state index is 11.8. The maximum absolute atomic E-state index is 11.8. The van der Waals surface area contributed by atoms with Gasteiger partial charge in [0.15, 0.2) is 11.6 Å². The molecule has 284 valence electrons. The number of fused-ring (bicyclic) bond motifs is 6. The van der Waals surface area contributed by atoms with Gasteiger partial charge in [0.05, 0.1) is 30.5 Å². The van der Waals surface area contributed by atoms with Gasteiger partial charge in [0.1, 0.15) is 5.60 Å². The molecule has 0 saturated carbocycles. The highest BCUT2D eigenvalue weighted by Gasteiger charge is 2.66. The number of rotatable bonds is 1. The monoisotopic (exact) mass is 707 g/mol. The van der Waals surface area contributed by atoms with Crippen molar-refractivity contribution >= 4 is 5.71 Å². The first-order chi connectivity index (χ1) is 24.2. The molecule has 8 aliphatic rings. The molecule has 8 nitrogen and oxygen atoms in total. The van der Waals surface area contributed by atoms with Crippen molar-refractivity contribution in [1.82, 2.24) is 0 Å². The smallest absolute Gasteiger partial charge is 0.200 e. The fraction of sp³-hybridized carbons (Fsp3) is 0.837. The Bertz CT molecular complexity index is 1440. The van der Waals surface area contributed by atoms with Crippen molar-refractivity contribution < 1.29 is 33.9 Å². The van der Waals surface area contributed by atoms with E-state index >= 15 is 0 Å². The van der Waals surface area contributed by atoms with Gasteiger partial charge in [-0.2, -0.15) is 0 Å². The van der Waals surface area contributed by atoms with E-state index in [4.69, 9.17) is 28.7 Å². The first-order valence-electron chi connectivity index (χ1n) is 20.5. The summed E-state index contributed by atoms with van der Waals surface area (Å²) in [7, 11) is 0. The van der Waals surface area contributed by atoms with Crippen LogP contribution in [0.5, 0.6) is 0 Å². The van der Waals surface area contributed by atoms with Crippen molar-refractivity contribution in [2.24, 2.45) is 40.0 Å². The normalized spacial score (nSPS) is 53.3. The second-order valence-corrected chi connectivity index (χ2v) is 18.9. The predicted octanol–water partition coefficient (Wildman–Crippen LogP) is 7.96. The zero-order valence-electron chi connectivity index (χ0n) is 32.0. The largest absolute Gasteiger partial charge is 0.390 e. The van der Waals surface area contributed by atoms with E-state index in [1.807, 2.05) is 13.0 Å². The summed E-state index contributed by atoms with van der Waals surface area (Å²) in [6.45, 7) is 20.7. The van der Waals surface area contributed by atoms with Gasteiger partial charge in [-0.05, 0) is 94.8 Å². The van der Waals surface area contributed by atoms with Crippen LogP contribution in [0.4, 0.5) is 0 Å². The van der Waals surface area contributed by atoms with Crippen molar-refractivity contribution in [2.45, 2.75) is 184 Å². The Morgan fingerprint density at radius 3 is 2.47 bits per heavy atom. The quantitative estimate of drug-likeness (QED) is 0.267. The Kier molecular flexibility index (Phi) is 9.42. The number of ether oxygens (including phenoxy) is 5. The molecule has 0 aromatic rings. The Morgan fingerprint density at radius 1 is 0.863 bits per heavy atom. The lowest BCUT2D eigenvalue weighted by atomic mass is 9.57. The standard InChI is InChI=1S/C43H65NO7/c1-8-31-12-15-40-22-28(4)30(6)25-44-36(40)11-9-10-26(2)18-32-13-14-39(7,46)43(47-32)17-16-41(51-43)23-29(5)37(45)35(49-41)24-42-21-27(3)19-34(48-42)38(50-42)33(40)20-31/h8,20,27-30,32-35,37-38,45-46H,1-2,9-19,21-25H2,3-7H3/t27-,28-,29-,30-,32-,33+,34+,35-,37-,38-,39+,40+,41-,42-,43+/m0/s1. The molecule has 0 aromatic carbocycles. The van der Waals surface area contributed by atoms with E-state index in [0.717, 1.165) is 70.8 Å². The number of aliphatic hydroxyl groups excluding tert-OH is 1. The molecule has 8 rings (SSSR count). The molecule has 1 aliphatic carbocycles. The summed E-state index contributed by atoms with van der Waals surface area (Å²) in [6.07, 6.45) is 14.9. The van der Waals surface area contributed by atoms with Gasteiger partial charge in [-0.25, -0.2) is 0 Å². The fourth-order valence-corrected chi connectivity index (χ4v) is 11.9. The van der Waals surface area contributed by atoms with Crippen LogP contribution in [-0.2, 0) is 23.7 Å². The number of aliphatic imine (C=N–C) groups is 1. The first-order valence-corrected chi connectivity index (χ1v) is 20.5. The third kappa shape index (κ3) is 6.29. The molecule has 0 aromatic heterocycles. The summed E-state index contributed by atoms with van der Waals surface area (Å²) in [5, 5.41) is 23.6. The van der Waals surface area contributed by atoms with Crippen molar-refractivity contribution in [2.75, 3.05) is 6.54 Å². The van der Waals surface area contributed by atoms with Gasteiger partial charge in [-0.15, -0.1) is 0 Å². The molecule has 7 heterocycles. The molecule has 0 unspecified atom stereocenters. The zero-order valence-corrected chi connectivity index (χ0v) is 32.0. The highest BCUT2D eigenvalue weighted by Crippen LogP contribution is 2.59. The molecular formula is C43H65NO7. The lowest BCUT2D eigenvalue weighted by Crippen LogP contribution is -2.62. The molecule has 6 fully saturated rings. The Balaban J connectivity index is 1.21. The van der Waals surface area contributed by atoms with Crippen molar-refractivity contribution in [3.63, 3.8) is 0 Å². The van der Waals surface area contributed by atoms with E-state index in [2.05, 4.69) is 46.9 Å². The van der Waals surface area contributed by atoms with E-state index in [1.165, 1.54) is 16.9 Å². The van der Waals surface area contributed by atoms with Crippen molar-refractivity contribution in [3.05, 3.63) is 36.5 Å². The van der Waals surface area contributed by atoms with Gasteiger partial charge >= 0.3 is 0 Å². The predicted molar refractivity (Wildman–Crippen MR) is 197 cm³/mol. The van der Waals surface area contributed by atoms with Gasteiger partial charge in [0.25, 0.3) is 0 Å². The number of hydrogen-bond acceptors (Lipinski definition) is 8. The maximum Gasteiger partial charge on any atom is 0.200 e. The molecule has 4 spiro atoms. The van der Waals surface area contributed by atoms with E-state index in [1.54, 1.807) is 0 Å². The summed E-state index contributed by atoms with van der Waals surface area (Å²) < 4.78 is 35.3. The van der Waals surface area contributed by atoms with E-state index in [9.17, 15) is 10.2 Å². The van der Waals surface area contributed by atoms with Crippen molar-refractivity contribution in [3.8, 4) is 0 Å². The van der Waals surface area contributed by atoms with Crippen LogP contribution in [0.25, 0.3) is 0 Å². The van der Waals surface area contributed by atoms with Gasteiger partial charge in [-0.1, -0.05) is 64.2 Å². The second-order valence-electron chi connectivity index (χ2n) is 18.9. The summed E-state index contributed by atoms with van der Waals surface area (Å²) in [5.41, 5.74) is 2.56. The summed E-state index contributed by atoms with van der Waals surface area (Å²) >= 11 is 0. The van der Waals surface area contributed by atoms with Gasteiger partial charge < -0.3 is 33.9 Å². The Labute approximate surface area is 306 Å². The highest BCUT2D eigenvalue weighted by molar-refractivity contribution is 5.91. The average molecular weight is 708 g/mol. The third-order valence-electron chi connectivity index (χ3n) is 14.9. The summed E-state index contributed by atoms with van der Waals surface area (Å²) in [6, 6.07) is 0. The number of aliphatic hydroxyl groups is 2. The van der Waals surface area contributed by atoms with Crippen LogP contribution in [-0.4, -0.2) is 76.0 Å². The number of allylic oxidation sites excluding steroid dienone is 2. The van der Waals surface area contributed by atoms with Crippen LogP contribution in [0.15, 0.2) is 41.4 Å². The minimum Gasteiger partial charge on any atom is -0.390 e. The van der Waals surface area contributed by atoms with E-state index in [-0.39, 0.29) is 35.6 Å². The Hall–Kier alpha value is -1.39. The molecule has 0 radical (unpaired) electrons. The minimum atomic E-state index is -1.17. The van der Waals surface area contributed by atoms with Crippen LogP contribution >= 0.6 is 0 Å². The van der Waals surface area contributed by atoms with Crippen LogP contribution < -0.4 is 0 Å². The molecule has 51 heavy (non-hydrogen) atoms. The average Bonchev–Trinajstić information content (AvgIpc) is 3.52. The number of hydrogen-bond donors (Lipinski definition) is 2. The zero-order chi connectivity index (χ0) is 36.0. The van der Waals surface area contributed by atoms with E-state index in [0.29, 0.717) is 49.9 Å². The van der Waals surface area contributed by atoms with Crippen LogP contribution in [0.1, 0.15) is 131 Å². The second kappa shape index (κ2) is 13.1. The topological polar surface area (TPSA) is 99.0 Å². The molecule has 15 atom stereocenters. The third-order valence-corrected chi connectivity index (χ3v) is 14.9. The van der Waals surface area contributed by atoms with E-state index < -0.39 is 35.2 Å². The van der Waals surface area contributed by atoms with Crippen molar-refractivity contribution in [1.29, 1.82) is 0 Å². The molecule has 8 heteroatoms. The minimum absolute atomic E-state index is 0.0561. The van der Waals surface area contributed by atoms with Gasteiger partial charge in [0.2, 0.25) is 5.79 Å². The molecule has 2 N–H and O–H groups in total. The van der Waals surface area contributed by atoms with Crippen LogP contribution in [0.2, 0.25) is 0 Å². The molecule has 0 amide bonds. The molecular weight excluding hydrogens is 642 g/mol. The Morgan fingerprint density at radius 2 is 1.67 bits per heavy atom. The number of nitrogens with zero attached hydrogens (tertiary/aromatic N) is 1. The fourth-order valence-electron chi connectivity index (χ4n) is 11.9. The summed E-state index contributed by atoms with van der Waals surface area (Å²) in [4.78, 5) is 5.52. The first kappa shape index (κ1) is 36.6. The molecule has 6 saturated heterocycles. The highest BCUT2D eigenvalue weighted by atomic mass is 16.8. The SMILES string of the molecule is C=CC1=C[C@@H]2[C@@H]3O[C@@]4(C[C@@H](C)C[C@H]3O4)C[C@@H]3O[C@]4(CC[C@@]5(O[C@@H](CC[C@@]5(C)O)CC(=C)CCCC5=NC[C@H](C)[C@@H](C)C[C@@]52CC1)O4)C[C@H](C)[C@@H]3O. The molecule has 7 aliphatic heterocycles.